The number of aliphatic carboxylic acids is 1. The Labute approximate surface area is 504 Å². The van der Waals surface area contributed by atoms with Crippen molar-refractivity contribution in [1.29, 1.82) is 0 Å². The first-order chi connectivity index (χ1) is 39.6. The third kappa shape index (κ3) is 65.7. The summed E-state index contributed by atoms with van der Waals surface area (Å²) < 4.78 is 22.8. The van der Waals surface area contributed by atoms with Crippen LogP contribution in [0.15, 0.2) is 0 Å². The van der Waals surface area contributed by atoms with Crippen molar-refractivity contribution in [2.24, 2.45) is 0 Å². The predicted molar refractivity (Wildman–Crippen MR) is 344 cm³/mol. The van der Waals surface area contributed by atoms with Crippen LogP contribution in [0.3, 0.4) is 0 Å². The van der Waals surface area contributed by atoms with E-state index in [9.17, 15) is 19.5 Å². The number of rotatable bonds is 69. The highest BCUT2D eigenvalue weighted by molar-refractivity contribution is 5.70. The zero-order valence-corrected chi connectivity index (χ0v) is 55.2. The van der Waals surface area contributed by atoms with E-state index in [4.69, 9.17) is 18.9 Å². The quantitative estimate of drug-likeness (QED) is 0.0256. The highest BCUT2D eigenvalue weighted by Crippen LogP contribution is 2.20. The highest BCUT2D eigenvalue weighted by atomic mass is 16.7. The molecule has 0 fully saturated rings. The van der Waals surface area contributed by atoms with Gasteiger partial charge >= 0.3 is 11.9 Å². The van der Waals surface area contributed by atoms with Crippen LogP contribution in [0.4, 0.5) is 0 Å². The van der Waals surface area contributed by atoms with Gasteiger partial charge in [-0.05, 0) is 12.8 Å². The van der Waals surface area contributed by atoms with E-state index < -0.39 is 24.3 Å². The van der Waals surface area contributed by atoms with E-state index >= 15 is 0 Å². The molecule has 0 aliphatic carbocycles. The van der Waals surface area contributed by atoms with Crippen LogP contribution >= 0.6 is 0 Å². The lowest BCUT2D eigenvalue weighted by molar-refractivity contribution is -0.870. The topological polar surface area (TPSA) is 111 Å². The molecule has 0 heterocycles. The summed E-state index contributed by atoms with van der Waals surface area (Å²) in [7, 11) is 5.95. The first kappa shape index (κ1) is 79.3. The molecule has 9 nitrogen and oxygen atoms in total. The Bertz CT molecular complexity index is 1290. The molecule has 0 aromatic heterocycles. The van der Waals surface area contributed by atoms with Crippen LogP contribution in [-0.4, -0.2) is 82.3 Å². The Morgan fingerprint density at radius 3 is 0.790 bits per heavy atom. The number of carboxylic acids is 1. The summed E-state index contributed by atoms with van der Waals surface area (Å²) >= 11 is 0. The molecule has 0 saturated carbocycles. The summed E-state index contributed by atoms with van der Waals surface area (Å²) in [5, 5.41) is 11.8. The number of ether oxygens (including phenoxy) is 4. The summed E-state index contributed by atoms with van der Waals surface area (Å²) in [4.78, 5) is 37.4. The maximum absolute atomic E-state index is 12.9. The summed E-state index contributed by atoms with van der Waals surface area (Å²) in [5.41, 5.74) is 0. The summed E-state index contributed by atoms with van der Waals surface area (Å²) in [6.45, 7) is 4.84. The lowest BCUT2D eigenvalue weighted by atomic mass is 10.0. The maximum atomic E-state index is 12.9. The predicted octanol–water partition coefficient (Wildman–Crippen LogP) is 20.9. The second-order valence-electron chi connectivity index (χ2n) is 26.3. The van der Waals surface area contributed by atoms with Gasteiger partial charge in [0.25, 0.3) is 0 Å². The fourth-order valence-electron chi connectivity index (χ4n) is 11.3. The number of nitrogens with zero attached hydrogens (tertiary/aromatic N) is 1. The summed E-state index contributed by atoms with van der Waals surface area (Å²) in [5.74, 6) is -2.25. The van der Waals surface area contributed by atoms with Crippen molar-refractivity contribution in [3.05, 3.63) is 0 Å². The van der Waals surface area contributed by atoms with Gasteiger partial charge in [0.2, 0.25) is 0 Å². The van der Waals surface area contributed by atoms with Crippen molar-refractivity contribution in [3.63, 3.8) is 0 Å². The average Bonchev–Trinajstić information content (AvgIpc) is 3.44. The smallest absolute Gasteiger partial charge is 0.306 e. The van der Waals surface area contributed by atoms with Gasteiger partial charge in [-0.3, -0.25) is 9.59 Å². The van der Waals surface area contributed by atoms with Gasteiger partial charge in [0.1, 0.15) is 13.2 Å². The molecule has 0 aliphatic heterocycles. The fourth-order valence-corrected chi connectivity index (χ4v) is 11.3. The molecule has 0 saturated heterocycles. The zero-order valence-electron chi connectivity index (χ0n) is 55.2. The van der Waals surface area contributed by atoms with Gasteiger partial charge in [0.05, 0.1) is 40.3 Å². The molecule has 0 aromatic carbocycles. The molecule has 81 heavy (non-hydrogen) atoms. The van der Waals surface area contributed by atoms with Crippen molar-refractivity contribution in [3.8, 4) is 0 Å². The van der Waals surface area contributed by atoms with Crippen LogP contribution in [0.5, 0.6) is 0 Å². The molecule has 2 atom stereocenters. The maximum Gasteiger partial charge on any atom is 0.306 e. The minimum atomic E-state index is -1.62. The second kappa shape index (κ2) is 64.3. The van der Waals surface area contributed by atoms with E-state index in [0.717, 1.165) is 38.5 Å². The number of carboxylic acid groups (broad SMARTS) is 1. The first-order valence-electron chi connectivity index (χ1n) is 36.2. The van der Waals surface area contributed by atoms with Gasteiger partial charge in [-0.1, -0.05) is 361 Å². The van der Waals surface area contributed by atoms with Crippen molar-refractivity contribution in [1.82, 2.24) is 0 Å². The standard InChI is InChI=1S/C72H141NO8/c1-6-8-10-12-14-16-18-20-22-24-26-27-28-29-30-31-32-33-34-35-36-37-38-39-40-41-42-43-44-45-47-49-51-53-55-57-59-61-63-70(75)81-68(67-80-72(71(76)77)78-65-64-73(3,4)5)66-79-69(74)62-60-58-56-54-52-50-48-46-25-23-21-19-17-15-13-11-9-7-2/h68,72H,6-67H2,1-5H3. The molecule has 0 rings (SSSR count). The van der Waals surface area contributed by atoms with Gasteiger partial charge in [0.15, 0.2) is 12.4 Å². The van der Waals surface area contributed by atoms with Crippen LogP contribution in [-0.2, 0) is 33.3 Å². The first-order valence-corrected chi connectivity index (χ1v) is 36.2. The molecular weight excluding hydrogens is 1010 g/mol. The number of hydrogen-bond acceptors (Lipinski definition) is 8. The Kier molecular flexibility index (Phi) is 62.9. The third-order valence-electron chi connectivity index (χ3n) is 16.9. The lowest BCUT2D eigenvalue weighted by Crippen LogP contribution is -2.44. The summed E-state index contributed by atoms with van der Waals surface area (Å²) in [6.07, 6.45) is 73.6. The molecule has 2 unspecified atom stereocenters. The zero-order chi connectivity index (χ0) is 59.1. The summed E-state index contributed by atoms with van der Waals surface area (Å²) in [6, 6.07) is 0. The molecule has 0 spiro atoms. The number of esters is 2. The molecule has 0 bridgehead atoms. The third-order valence-corrected chi connectivity index (χ3v) is 16.9. The van der Waals surface area contributed by atoms with Crippen molar-refractivity contribution in [2.75, 3.05) is 47.5 Å². The second-order valence-corrected chi connectivity index (χ2v) is 26.3. The molecule has 482 valence electrons. The van der Waals surface area contributed by atoms with E-state index in [-0.39, 0.29) is 32.2 Å². The number of carbonyl (C=O) groups excluding carboxylic acids is 3. The number of likely N-dealkylation sites (N-methyl/N-ethyl adjacent to an activating group) is 1. The fraction of sp³-hybridized carbons (Fsp3) is 0.958. The molecule has 0 amide bonds. The van der Waals surface area contributed by atoms with Crippen LogP contribution in [0.25, 0.3) is 0 Å². The molecule has 0 aromatic rings. The number of hydrogen-bond donors (Lipinski definition) is 0. The molecular formula is C72H141NO8. The van der Waals surface area contributed by atoms with Gasteiger partial charge in [-0.15, -0.1) is 0 Å². The van der Waals surface area contributed by atoms with Gasteiger partial charge in [0, 0.05) is 12.8 Å². The van der Waals surface area contributed by atoms with E-state index in [1.807, 2.05) is 21.1 Å². The number of quaternary nitrogens is 1. The highest BCUT2D eigenvalue weighted by Gasteiger charge is 2.22. The van der Waals surface area contributed by atoms with Gasteiger partial charge < -0.3 is 33.3 Å². The minimum Gasteiger partial charge on any atom is -0.545 e. The van der Waals surface area contributed by atoms with Crippen LogP contribution in [0, 0.1) is 0 Å². The minimum absolute atomic E-state index is 0.154. The Morgan fingerprint density at radius 2 is 0.556 bits per heavy atom. The molecule has 0 aliphatic rings. The van der Waals surface area contributed by atoms with Crippen LogP contribution < -0.4 is 5.11 Å². The monoisotopic (exact) mass is 1150 g/mol. The van der Waals surface area contributed by atoms with E-state index in [0.29, 0.717) is 17.4 Å². The van der Waals surface area contributed by atoms with E-state index in [1.54, 1.807) is 0 Å². The Morgan fingerprint density at radius 1 is 0.321 bits per heavy atom. The van der Waals surface area contributed by atoms with Gasteiger partial charge in [-0.2, -0.15) is 0 Å². The van der Waals surface area contributed by atoms with Gasteiger partial charge in [-0.25, -0.2) is 0 Å². The molecule has 9 heteroatoms. The van der Waals surface area contributed by atoms with Crippen molar-refractivity contribution in [2.45, 2.75) is 399 Å². The molecule has 0 N–H and O–H groups in total. The molecule has 0 radical (unpaired) electrons. The SMILES string of the molecule is CCCCCCCCCCCCCCCCCCCCCCCCCCCCCCCCCCCCCCCCC(=O)OC(COC(=O)CCCCCCCCCCCCCCCCCCCC)COC(OCC[N+](C)(C)C)C(=O)[O-]. The van der Waals surface area contributed by atoms with Crippen molar-refractivity contribution >= 4 is 17.9 Å². The normalized spacial score (nSPS) is 12.6. The Balaban J connectivity index is 3.92. The van der Waals surface area contributed by atoms with E-state index in [2.05, 4.69) is 13.8 Å². The van der Waals surface area contributed by atoms with Crippen LogP contribution in [0.2, 0.25) is 0 Å². The average molecular weight is 1150 g/mol. The largest absolute Gasteiger partial charge is 0.545 e. The van der Waals surface area contributed by atoms with Crippen molar-refractivity contribution < 1.29 is 42.9 Å². The Hall–Kier alpha value is -1.71. The lowest BCUT2D eigenvalue weighted by Gasteiger charge is -2.26. The number of unbranched alkanes of at least 4 members (excludes halogenated alkanes) is 54. The van der Waals surface area contributed by atoms with Crippen LogP contribution in [0.1, 0.15) is 386 Å². The number of carbonyl (C=O) groups is 3. The van der Waals surface area contributed by atoms with E-state index in [1.165, 1.54) is 321 Å².